The maximum absolute atomic E-state index is 12.9. The van der Waals surface area contributed by atoms with E-state index in [1.807, 2.05) is 26.0 Å². The maximum atomic E-state index is 12.9. The van der Waals surface area contributed by atoms with E-state index in [-0.39, 0.29) is 25.0 Å². The number of carbonyl (C=O) groups is 3. The van der Waals surface area contributed by atoms with Crippen molar-refractivity contribution in [3.63, 3.8) is 0 Å². The summed E-state index contributed by atoms with van der Waals surface area (Å²) < 4.78 is 10.7. The van der Waals surface area contributed by atoms with Gasteiger partial charge in [-0.25, -0.2) is 9.78 Å². The van der Waals surface area contributed by atoms with Gasteiger partial charge in [0.15, 0.2) is 6.10 Å². The lowest BCUT2D eigenvalue weighted by atomic mass is 10.1. The molecule has 1 atom stereocenters. The molecule has 176 valence electrons. The summed E-state index contributed by atoms with van der Waals surface area (Å²) in [5.41, 5.74) is 3.13. The molecule has 1 N–H and O–H groups in total. The van der Waals surface area contributed by atoms with E-state index in [9.17, 15) is 14.4 Å². The van der Waals surface area contributed by atoms with Gasteiger partial charge in [-0.2, -0.15) is 0 Å². The van der Waals surface area contributed by atoms with Crippen molar-refractivity contribution in [2.45, 2.75) is 33.8 Å². The summed E-state index contributed by atoms with van der Waals surface area (Å²) in [6, 6.07) is 11.9. The van der Waals surface area contributed by atoms with Gasteiger partial charge in [-0.1, -0.05) is 0 Å². The third-order valence-corrected chi connectivity index (χ3v) is 6.21. The van der Waals surface area contributed by atoms with Crippen LogP contribution in [0.5, 0.6) is 5.75 Å². The van der Waals surface area contributed by atoms with E-state index < -0.39 is 12.1 Å². The van der Waals surface area contributed by atoms with Crippen LogP contribution in [0.3, 0.4) is 0 Å². The van der Waals surface area contributed by atoms with Crippen molar-refractivity contribution in [1.82, 2.24) is 4.98 Å². The second-order valence-corrected chi connectivity index (χ2v) is 9.26. The van der Waals surface area contributed by atoms with Gasteiger partial charge in [0, 0.05) is 16.1 Å². The van der Waals surface area contributed by atoms with Crippen molar-refractivity contribution in [1.29, 1.82) is 0 Å². The zero-order valence-corrected chi connectivity index (χ0v) is 20.2. The van der Waals surface area contributed by atoms with Crippen molar-refractivity contribution in [3.05, 3.63) is 57.9 Å². The first-order valence-electron chi connectivity index (χ1n) is 10.9. The molecule has 1 unspecified atom stereocenters. The summed E-state index contributed by atoms with van der Waals surface area (Å²) >= 11 is 1.60. The Balaban J connectivity index is 1.55. The quantitative estimate of drug-likeness (QED) is 0.528. The number of hydrogen-bond donors (Lipinski definition) is 1. The van der Waals surface area contributed by atoms with Crippen molar-refractivity contribution >= 4 is 40.5 Å². The first-order chi connectivity index (χ1) is 16.3. The molecule has 9 heteroatoms. The lowest BCUT2D eigenvalue weighted by Crippen LogP contribution is -2.47. The van der Waals surface area contributed by atoms with E-state index in [0.717, 1.165) is 21.1 Å². The molecular formula is C25H25N3O5S. The van der Waals surface area contributed by atoms with E-state index in [0.29, 0.717) is 22.7 Å². The van der Waals surface area contributed by atoms with Crippen molar-refractivity contribution in [2.75, 3.05) is 23.4 Å². The third kappa shape index (κ3) is 4.79. The molecule has 1 aliphatic rings. The number of nitrogens with one attached hydrogen (secondary N) is 1. The number of amides is 2. The molecule has 4 rings (SSSR count). The van der Waals surface area contributed by atoms with Crippen LogP contribution in [-0.4, -0.2) is 42.0 Å². The minimum Gasteiger partial charge on any atom is -0.479 e. The van der Waals surface area contributed by atoms with Crippen LogP contribution in [0.4, 0.5) is 11.4 Å². The normalized spacial score (nSPS) is 14.9. The predicted octanol–water partition coefficient (Wildman–Crippen LogP) is 4.36. The van der Waals surface area contributed by atoms with E-state index in [2.05, 4.69) is 10.3 Å². The molecule has 34 heavy (non-hydrogen) atoms. The number of rotatable bonds is 6. The first kappa shape index (κ1) is 23.4. The van der Waals surface area contributed by atoms with Gasteiger partial charge in [0.25, 0.3) is 5.91 Å². The number of esters is 1. The van der Waals surface area contributed by atoms with Crippen LogP contribution in [0.2, 0.25) is 0 Å². The number of aryl methyl sites for hydroxylation is 2. The standard InChI is InChI=1S/C25H25N3O5S/c1-5-32-25(31)17-6-9-19(10-7-17)27-22(29)13-28-20-12-18(23-15(3)34-16(4)26-23)8-11-21(20)33-14(2)24(28)30/h6-12,14H,5,13H2,1-4H3,(H,27,29). The van der Waals surface area contributed by atoms with E-state index >= 15 is 0 Å². The number of benzene rings is 2. The van der Waals surface area contributed by atoms with E-state index in [1.165, 1.54) is 4.90 Å². The smallest absolute Gasteiger partial charge is 0.338 e. The van der Waals surface area contributed by atoms with Crippen LogP contribution in [-0.2, 0) is 14.3 Å². The summed E-state index contributed by atoms with van der Waals surface area (Å²) in [6.07, 6.45) is -0.710. The number of aromatic nitrogens is 1. The highest BCUT2D eigenvalue weighted by molar-refractivity contribution is 7.11. The molecule has 0 aliphatic carbocycles. The number of thiazole rings is 1. The zero-order chi connectivity index (χ0) is 24.4. The summed E-state index contributed by atoms with van der Waals surface area (Å²) in [6.45, 7) is 7.45. The largest absolute Gasteiger partial charge is 0.479 e. The molecule has 1 aromatic heterocycles. The topological polar surface area (TPSA) is 97.8 Å². The molecule has 0 bridgehead atoms. The number of ether oxygens (including phenoxy) is 2. The highest BCUT2D eigenvalue weighted by Gasteiger charge is 2.33. The Morgan fingerprint density at radius 1 is 1.18 bits per heavy atom. The summed E-state index contributed by atoms with van der Waals surface area (Å²) in [5.74, 6) is -0.565. The van der Waals surface area contributed by atoms with Gasteiger partial charge in [0.05, 0.1) is 28.6 Å². The van der Waals surface area contributed by atoms with E-state index in [1.54, 1.807) is 55.5 Å². The van der Waals surface area contributed by atoms with Crippen molar-refractivity contribution in [2.24, 2.45) is 0 Å². The molecule has 0 spiro atoms. The molecule has 0 saturated heterocycles. The minimum atomic E-state index is -0.710. The van der Waals surface area contributed by atoms with Gasteiger partial charge in [0.1, 0.15) is 12.3 Å². The van der Waals surface area contributed by atoms with Gasteiger partial charge < -0.3 is 14.8 Å². The molecule has 2 aromatic carbocycles. The van der Waals surface area contributed by atoms with Crippen molar-refractivity contribution in [3.8, 4) is 17.0 Å². The van der Waals surface area contributed by atoms with Gasteiger partial charge in [-0.15, -0.1) is 11.3 Å². The minimum absolute atomic E-state index is 0.183. The zero-order valence-electron chi connectivity index (χ0n) is 19.4. The lowest BCUT2D eigenvalue weighted by molar-refractivity contribution is -0.127. The highest BCUT2D eigenvalue weighted by atomic mass is 32.1. The maximum Gasteiger partial charge on any atom is 0.338 e. The Morgan fingerprint density at radius 3 is 2.56 bits per heavy atom. The summed E-state index contributed by atoms with van der Waals surface area (Å²) in [4.78, 5) is 44.7. The third-order valence-electron chi connectivity index (χ3n) is 5.33. The molecule has 0 saturated carbocycles. The molecule has 3 aromatic rings. The van der Waals surface area contributed by atoms with E-state index in [4.69, 9.17) is 9.47 Å². The summed E-state index contributed by atoms with van der Waals surface area (Å²) in [7, 11) is 0. The number of fused-ring (bicyclic) bond motifs is 1. The number of carbonyl (C=O) groups excluding carboxylic acids is 3. The second-order valence-electron chi connectivity index (χ2n) is 7.85. The Hall–Kier alpha value is -3.72. The van der Waals surface area contributed by atoms with Crippen LogP contribution >= 0.6 is 11.3 Å². The fourth-order valence-electron chi connectivity index (χ4n) is 3.76. The van der Waals surface area contributed by atoms with Gasteiger partial charge in [-0.3, -0.25) is 14.5 Å². The Kier molecular flexibility index (Phi) is 6.65. The highest BCUT2D eigenvalue weighted by Crippen LogP contribution is 2.38. The van der Waals surface area contributed by atoms with Gasteiger partial charge in [-0.05, 0) is 70.2 Å². The SMILES string of the molecule is CCOC(=O)c1ccc(NC(=O)CN2C(=O)C(C)Oc3ccc(-c4nc(C)sc4C)cc32)cc1. The van der Waals surface area contributed by atoms with Crippen molar-refractivity contribution < 1.29 is 23.9 Å². The Labute approximate surface area is 201 Å². The van der Waals surface area contributed by atoms with Crippen LogP contribution in [0.25, 0.3) is 11.3 Å². The van der Waals surface area contributed by atoms with Gasteiger partial charge >= 0.3 is 5.97 Å². The van der Waals surface area contributed by atoms with Crippen LogP contribution in [0.1, 0.15) is 34.1 Å². The molecule has 8 nitrogen and oxygen atoms in total. The fourth-order valence-corrected chi connectivity index (χ4v) is 4.60. The molecule has 2 amide bonds. The number of anilines is 2. The van der Waals surface area contributed by atoms with Gasteiger partial charge in [0.2, 0.25) is 5.91 Å². The molecular weight excluding hydrogens is 454 g/mol. The number of nitrogens with zero attached hydrogens (tertiary/aromatic N) is 2. The summed E-state index contributed by atoms with van der Waals surface area (Å²) in [5, 5.41) is 3.73. The van der Waals surface area contributed by atoms with Crippen LogP contribution < -0.4 is 15.0 Å². The molecule has 1 aliphatic heterocycles. The molecule has 2 heterocycles. The van der Waals surface area contributed by atoms with Crippen LogP contribution in [0, 0.1) is 13.8 Å². The monoisotopic (exact) mass is 479 g/mol. The second kappa shape index (κ2) is 9.64. The number of hydrogen-bond acceptors (Lipinski definition) is 7. The average Bonchev–Trinajstić information content (AvgIpc) is 3.15. The Bertz CT molecular complexity index is 1250. The lowest BCUT2D eigenvalue weighted by Gasteiger charge is -2.33. The average molecular weight is 480 g/mol. The molecule has 0 fully saturated rings. The molecule has 0 radical (unpaired) electrons. The first-order valence-corrected chi connectivity index (χ1v) is 11.7. The fraction of sp³-hybridized carbons (Fsp3) is 0.280. The predicted molar refractivity (Wildman–Crippen MR) is 130 cm³/mol. The Morgan fingerprint density at radius 2 is 1.91 bits per heavy atom. The van der Waals surface area contributed by atoms with Crippen LogP contribution in [0.15, 0.2) is 42.5 Å².